The molecule has 0 aliphatic carbocycles. The molecular weight excluding hydrogens is 358 g/mol. The van der Waals surface area contributed by atoms with Crippen LogP contribution in [0, 0.1) is 6.92 Å². The number of hydrogen-bond donors (Lipinski definition) is 1. The van der Waals surface area contributed by atoms with E-state index in [0.717, 1.165) is 41.8 Å². The Bertz CT molecular complexity index is 1100. The highest BCUT2D eigenvalue weighted by Crippen LogP contribution is 2.19. The van der Waals surface area contributed by atoms with Gasteiger partial charge in [-0.2, -0.15) is 0 Å². The summed E-state index contributed by atoms with van der Waals surface area (Å²) in [7, 11) is 0. The van der Waals surface area contributed by atoms with Gasteiger partial charge in [-0.1, -0.05) is 60.2 Å². The molecule has 0 saturated carbocycles. The van der Waals surface area contributed by atoms with Gasteiger partial charge in [-0.05, 0) is 43.2 Å². The summed E-state index contributed by atoms with van der Waals surface area (Å²) in [6, 6.07) is 26.3. The third-order valence-electron chi connectivity index (χ3n) is 5.09. The van der Waals surface area contributed by atoms with Crippen molar-refractivity contribution in [3.63, 3.8) is 0 Å². The van der Waals surface area contributed by atoms with E-state index in [1.807, 2.05) is 43.3 Å². The number of carbonyl (C=O) groups excluding carboxylic acids is 1. The third-order valence-corrected chi connectivity index (χ3v) is 5.09. The SMILES string of the molecule is Cc1ccc(C(=O)NCCCc2nc3ccccc3n2Cc2ccccc2)cc1. The second kappa shape index (κ2) is 8.74. The van der Waals surface area contributed by atoms with E-state index in [2.05, 4.69) is 52.3 Å². The van der Waals surface area contributed by atoms with Gasteiger partial charge in [0.05, 0.1) is 11.0 Å². The second-order valence-corrected chi connectivity index (χ2v) is 7.31. The van der Waals surface area contributed by atoms with Gasteiger partial charge < -0.3 is 9.88 Å². The summed E-state index contributed by atoms with van der Waals surface area (Å²) in [6.07, 6.45) is 1.66. The fraction of sp³-hybridized carbons (Fsp3) is 0.200. The lowest BCUT2D eigenvalue weighted by atomic mass is 10.1. The molecule has 0 fully saturated rings. The fourth-order valence-corrected chi connectivity index (χ4v) is 3.51. The van der Waals surface area contributed by atoms with Crippen molar-refractivity contribution >= 4 is 16.9 Å². The second-order valence-electron chi connectivity index (χ2n) is 7.31. The Hall–Kier alpha value is -3.40. The Morgan fingerprint density at radius 1 is 0.931 bits per heavy atom. The molecular formula is C25H25N3O. The van der Waals surface area contributed by atoms with Gasteiger partial charge in [0.1, 0.15) is 5.82 Å². The number of nitrogens with one attached hydrogen (secondary N) is 1. The topological polar surface area (TPSA) is 46.9 Å². The van der Waals surface area contributed by atoms with Crippen LogP contribution in [0.3, 0.4) is 0 Å². The Labute approximate surface area is 171 Å². The monoisotopic (exact) mass is 383 g/mol. The molecule has 1 N–H and O–H groups in total. The maximum Gasteiger partial charge on any atom is 0.251 e. The van der Waals surface area contributed by atoms with E-state index in [4.69, 9.17) is 4.98 Å². The van der Waals surface area contributed by atoms with E-state index in [9.17, 15) is 4.79 Å². The summed E-state index contributed by atoms with van der Waals surface area (Å²) in [5.74, 6) is 1.03. The Kier molecular flexibility index (Phi) is 5.71. The molecule has 1 aromatic heterocycles. The summed E-state index contributed by atoms with van der Waals surface area (Å²) < 4.78 is 2.28. The number of hydrogen-bond acceptors (Lipinski definition) is 2. The van der Waals surface area contributed by atoms with Gasteiger partial charge in [-0.25, -0.2) is 4.98 Å². The molecule has 0 radical (unpaired) electrons. The first-order valence-corrected chi connectivity index (χ1v) is 10.0. The number of carbonyl (C=O) groups is 1. The fourth-order valence-electron chi connectivity index (χ4n) is 3.51. The highest BCUT2D eigenvalue weighted by atomic mass is 16.1. The molecule has 0 aliphatic rings. The Morgan fingerprint density at radius 2 is 1.66 bits per heavy atom. The van der Waals surface area contributed by atoms with Crippen molar-refractivity contribution in [3.05, 3.63) is 101 Å². The van der Waals surface area contributed by atoms with Crippen LogP contribution in [-0.2, 0) is 13.0 Å². The molecule has 0 saturated heterocycles. The molecule has 1 amide bonds. The summed E-state index contributed by atoms with van der Waals surface area (Å²) in [5.41, 5.74) is 5.27. The zero-order valence-corrected chi connectivity index (χ0v) is 16.6. The van der Waals surface area contributed by atoms with Crippen LogP contribution < -0.4 is 5.32 Å². The van der Waals surface area contributed by atoms with Crippen molar-refractivity contribution < 1.29 is 4.79 Å². The van der Waals surface area contributed by atoms with E-state index in [0.29, 0.717) is 12.1 Å². The first kappa shape index (κ1) is 18.9. The molecule has 1 heterocycles. The lowest BCUT2D eigenvalue weighted by Gasteiger charge is -2.10. The maximum absolute atomic E-state index is 12.3. The van der Waals surface area contributed by atoms with Crippen LogP contribution in [0.1, 0.15) is 33.7 Å². The molecule has 0 spiro atoms. The Morgan fingerprint density at radius 3 is 2.45 bits per heavy atom. The van der Waals surface area contributed by atoms with E-state index in [1.165, 1.54) is 5.56 Å². The minimum Gasteiger partial charge on any atom is -0.352 e. The molecule has 4 rings (SSSR count). The molecule has 0 atom stereocenters. The average molecular weight is 383 g/mol. The van der Waals surface area contributed by atoms with E-state index in [1.54, 1.807) is 0 Å². The Balaban J connectivity index is 1.43. The number of fused-ring (bicyclic) bond motifs is 1. The smallest absolute Gasteiger partial charge is 0.251 e. The van der Waals surface area contributed by atoms with E-state index < -0.39 is 0 Å². The van der Waals surface area contributed by atoms with Crippen molar-refractivity contribution in [1.29, 1.82) is 0 Å². The molecule has 4 aromatic rings. The minimum absolute atomic E-state index is 0.0252. The molecule has 0 aliphatic heterocycles. The number of imidazole rings is 1. The van der Waals surface area contributed by atoms with Crippen LogP contribution in [0.4, 0.5) is 0 Å². The molecule has 29 heavy (non-hydrogen) atoms. The first-order valence-electron chi connectivity index (χ1n) is 10.0. The molecule has 146 valence electrons. The lowest BCUT2D eigenvalue weighted by Crippen LogP contribution is -2.25. The molecule has 4 nitrogen and oxygen atoms in total. The number of aryl methyl sites for hydroxylation is 2. The normalized spacial score (nSPS) is 10.9. The predicted octanol–water partition coefficient (Wildman–Crippen LogP) is 4.76. The predicted molar refractivity (Wildman–Crippen MR) is 117 cm³/mol. The van der Waals surface area contributed by atoms with Crippen LogP contribution in [-0.4, -0.2) is 22.0 Å². The number of aromatic nitrogens is 2. The largest absolute Gasteiger partial charge is 0.352 e. The standard InChI is InChI=1S/C25H25N3O/c1-19-13-15-21(16-14-19)25(29)26-17-7-12-24-27-22-10-5-6-11-23(22)28(24)18-20-8-3-2-4-9-20/h2-6,8-11,13-16H,7,12,17-18H2,1H3,(H,26,29). The highest BCUT2D eigenvalue weighted by molar-refractivity contribution is 5.94. The zero-order valence-electron chi connectivity index (χ0n) is 16.6. The van der Waals surface area contributed by atoms with Crippen molar-refractivity contribution in [3.8, 4) is 0 Å². The number of nitrogens with zero attached hydrogens (tertiary/aromatic N) is 2. The van der Waals surface area contributed by atoms with E-state index in [-0.39, 0.29) is 5.91 Å². The molecule has 4 heteroatoms. The third kappa shape index (κ3) is 4.54. The van der Waals surface area contributed by atoms with E-state index >= 15 is 0 Å². The van der Waals surface area contributed by atoms with Gasteiger partial charge >= 0.3 is 0 Å². The quantitative estimate of drug-likeness (QED) is 0.468. The summed E-state index contributed by atoms with van der Waals surface area (Å²) in [4.78, 5) is 17.1. The zero-order chi connectivity index (χ0) is 20.1. The minimum atomic E-state index is -0.0252. The van der Waals surface area contributed by atoms with Crippen LogP contribution in [0.2, 0.25) is 0 Å². The van der Waals surface area contributed by atoms with Crippen molar-refractivity contribution in [2.24, 2.45) is 0 Å². The maximum atomic E-state index is 12.3. The van der Waals surface area contributed by atoms with Gasteiger partial charge in [-0.3, -0.25) is 4.79 Å². The van der Waals surface area contributed by atoms with Crippen molar-refractivity contribution in [2.75, 3.05) is 6.54 Å². The number of benzene rings is 3. The highest BCUT2D eigenvalue weighted by Gasteiger charge is 2.11. The van der Waals surface area contributed by atoms with Crippen LogP contribution in [0.25, 0.3) is 11.0 Å². The van der Waals surface area contributed by atoms with Crippen molar-refractivity contribution in [1.82, 2.24) is 14.9 Å². The molecule has 0 unspecified atom stereocenters. The van der Waals surface area contributed by atoms with Crippen LogP contribution in [0.5, 0.6) is 0 Å². The van der Waals surface area contributed by atoms with Crippen molar-refractivity contribution in [2.45, 2.75) is 26.3 Å². The van der Waals surface area contributed by atoms with Gasteiger partial charge in [-0.15, -0.1) is 0 Å². The first-order chi connectivity index (χ1) is 14.2. The molecule has 0 bridgehead atoms. The van der Waals surface area contributed by atoms with Gasteiger partial charge in [0, 0.05) is 25.1 Å². The van der Waals surface area contributed by atoms with Gasteiger partial charge in [0.15, 0.2) is 0 Å². The van der Waals surface area contributed by atoms with Gasteiger partial charge in [0.2, 0.25) is 0 Å². The lowest BCUT2D eigenvalue weighted by molar-refractivity contribution is 0.0953. The summed E-state index contributed by atoms with van der Waals surface area (Å²) in [6.45, 7) is 3.44. The average Bonchev–Trinajstić information content (AvgIpc) is 3.10. The molecule has 3 aromatic carbocycles. The number of rotatable bonds is 7. The van der Waals surface area contributed by atoms with Crippen LogP contribution in [0.15, 0.2) is 78.9 Å². The summed E-state index contributed by atoms with van der Waals surface area (Å²) in [5, 5.41) is 3.02. The summed E-state index contributed by atoms with van der Waals surface area (Å²) >= 11 is 0. The number of para-hydroxylation sites is 2. The van der Waals surface area contributed by atoms with Gasteiger partial charge in [0.25, 0.3) is 5.91 Å². The number of amides is 1. The van der Waals surface area contributed by atoms with Crippen LogP contribution >= 0.6 is 0 Å².